The molecule has 0 saturated heterocycles. The molecule has 66 valence electrons. The third-order valence-electron chi connectivity index (χ3n) is 1.45. The maximum absolute atomic E-state index is 10.9. The molecule has 0 atom stereocenters. The van der Waals surface area contributed by atoms with Crippen LogP contribution < -0.4 is 5.43 Å². The Bertz CT molecular complexity index is 326. The van der Waals surface area contributed by atoms with E-state index in [2.05, 4.69) is 0 Å². The van der Waals surface area contributed by atoms with Gasteiger partial charge in [0.15, 0.2) is 5.76 Å². The van der Waals surface area contributed by atoms with Crippen molar-refractivity contribution in [3.63, 3.8) is 0 Å². The summed E-state index contributed by atoms with van der Waals surface area (Å²) in [5, 5.41) is 17.7. The predicted molar refractivity (Wildman–Crippen MR) is 42.2 cm³/mol. The molecule has 0 aromatic carbocycles. The Kier molecular flexibility index (Phi) is 2.50. The van der Waals surface area contributed by atoms with Crippen LogP contribution in [0.5, 0.6) is 5.75 Å². The van der Waals surface area contributed by atoms with Crippen molar-refractivity contribution in [1.29, 1.82) is 0 Å². The van der Waals surface area contributed by atoms with Gasteiger partial charge in [0.05, 0.1) is 6.61 Å². The zero-order valence-electron chi connectivity index (χ0n) is 6.70. The van der Waals surface area contributed by atoms with Gasteiger partial charge in [-0.2, -0.15) is 0 Å². The summed E-state index contributed by atoms with van der Waals surface area (Å²) in [5.74, 6) is 0.165. The molecule has 0 aliphatic carbocycles. The second-order valence-corrected chi connectivity index (χ2v) is 2.47. The summed E-state index contributed by atoms with van der Waals surface area (Å²) >= 11 is 0. The standard InChI is InChI=1S/C8H10O4/c1-5-4-6(10)8(11)7(12-5)2-3-9/h4,9,11H,2-3H2,1H3. The molecular formula is C8H10O4. The van der Waals surface area contributed by atoms with Crippen molar-refractivity contribution in [3.8, 4) is 5.75 Å². The van der Waals surface area contributed by atoms with E-state index in [1.807, 2.05) is 0 Å². The van der Waals surface area contributed by atoms with Crippen LogP contribution in [0, 0.1) is 6.92 Å². The first kappa shape index (κ1) is 8.80. The highest BCUT2D eigenvalue weighted by Crippen LogP contribution is 2.12. The summed E-state index contributed by atoms with van der Waals surface area (Å²) in [6.45, 7) is 1.46. The molecule has 0 spiro atoms. The molecule has 12 heavy (non-hydrogen) atoms. The molecule has 1 aromatic rings. The number of aryl methyl sites for hydroxylation is 1. The van der Waals surface area contributed by atoms with Crippen LogP contribution in [0.15, 0.2) is 15.3 Å². The van der Waals surface area contributed by atoms with Crippen LogP contribution in [0.1, 0.15) is 11.5 Å². The highest BCUT2D eigenvalue weighted by molar-refractivity contribution is 5.24. The van der Waals surface area contributed by atoms with E-state index in [-0.39, 0.29) is 18.8 Å². The summed E-state index contributed by atoms with van der Waals surface area (Å²) < 4.78 is 5.02. The van der Waals surface area contributed by atoms with Gasteiger partial charge in [-0.1, -0.05) is 0 Å². The van der Waals surface area contributed by atoms with Gasteiger partial charge in [0.25, 0.3) is 0 Å². The monoisotopic (exact) mass is 170 g/mol. The van der Waals surface area contributed by atoms with Gasteiger partial charge in [-0.05, 0) is 6.92 Å². The fourth-order valence-electron chi connectivity index (χ4n) is 0.933. The van der Waals surface area contributed by atoms with Gasteiger partial charge in [-0.25, -0.2) is 0 Å². The molecule has 0 radical (unpaired) electrons. The average molecular weight is 170 g/mol. The first-order chi connectivity index (χ1) is 5.65. The molecule has 0 aliphatic heterocycles. The Morgan fingerprint density at radius 3 is 2.83 bits per heavy atom. The van der Waals surface area contributed by atoms with Gasteiger partial charge in [0.2, 0.25) is 11.2 Å². The lowest BCUT2D eigenvalue weighted by Crippen LogP contribution is -2.04. The van der Waals surface area contributed by atoms with Gasteiger partial charge in [0, 0.05) is 12.5 Å². The van der Waals surface area contributed by atoms with E-state index in [9.17, 15) is 4.79 Å². The Hall–Kier alpha value is -1.29. The number of aromatic hydroxyl groups is 1. The van der Waals surface area contributed by atoms with Gasteiger partial charge in [-0.15, -0.1) is 0 Å². The zero-order valence-corrected chi connectivity index (χ0v) is 6.70. The van der Waals surface area contributed by atoms with Gasteiger partial charge in [-0.3, -0.25) is 4.79 Å². The van der Waals surface area contributed by atoms with Crippen LogP contribution in [0.2, 0.25) is 0 Å². The molecule has 0 bridgehead atoms. The van der Waals surface area contributed by atoms with Crippen molar-refractivity contribution in [1.82, 2.24) is 0 Å². The molecule has 0 amide bonds. The summed E-state index contributed by atoms with van der Waals surface area (Å²) in [5.41, 5.74) is -0.470. The molecule has 1 heterocycles. The van der Waals surface area contributed by atoms with Crippen LogP contribution >= 0.6 is 0 Å². The highest BCUT2D eigenvalue weighted by Gasteiger charge is 2.07. The second kappa shape index (κ2) is 3.40. The summed E-state index contributed by atoms with van der Waals surface area (Å²) in [4.78, 5) is 10.9. The maximum Gasteiger partial charge on any atom is 0.227 e. The van der Waals surface area contributed by atoms with Gasteiger partial charge < -0.3 is 14.6 Å². The molecule has 4 nitrogen and oxygen atoms in total. The van der Waals surface area contributed by atoms with Crippen LogP contribution in [0.25, 0.3) is 0 Å². The predicted octanol–water partition coefficient (Wildman–Crippen LogP) is 0.189. The third kappa shape index (κ3) is 1.65. The van der Waals surface area contributed by atoms with Crippen molar-refractivity contribution in [2.75, 3.05) is 6.61 Å². The molecule has 1 rings (SSSR count). The number of hydrogen-bond acceptors (Lipinski definition) is 4. The Labute approximate surface area is 69.1 Å². The van der Waals surface area contributed by atoms with Crippen LogP contribution in [-0.2, 0) is 6.42 Å². The SMILES string of the molecule is Cc1cc(=O)c(O)c(CCO)o1. The minimum atomic E-state index is -0.470. The highest BCUT2D eigenvalue weighted by atomic mass is 16.4. The minimum Gasteiger partial charge on any atom is -0.502 e. The fourth-order valence-corrected chi connectivity index (χ4v) is 0.933. The van der Waals surface area contributed by atoms with Crippen LogP contribution in [-0.4, -0.2) is 16.8 Å². The van der Waals surface area contributed by atoms with E-state index in [0.29, 0.717) is 5.76 Å². The first-order valence-electron chi connectivity index (χ1n) is 3.58. The van der Waals surface area contributed by atoms with Crippen molar-refractivity contribution < 1.29 is 14.6 Å². The lowest BCUT2D eigenvalue weighted by atomic mass is 10.2. The Morgan fingerprint density at radius 2 is 2.25 bits per heavy atom. The minimum absolute atomic E-state index is 0.141. The molecule has 0 aliphatic rings. The zero-order chi connectivity index (χ0) is 9.14. The van der Waals surface area contributed by atoms with Crippen molar-refractivity contribution in [2.24, 2.45) is 0 Å². The molecule has 2 N–H and O–H groups in total. The number of rotatable bonds is 2. The average Bonchev–Trinajstić information content (AvgIpc) is 2.00. The number of hydrogen-bond donors (Lipinski definition) is 2. The van der Waals surface area contributed by atoms with E-state index in [1.165, 1.54) is 6.07 Å². The normalized spacial score (nSPS) is 10.2. The molecule has 4 heteroatoms. The van der Waals surface area contributed by atoms with E-state index in [1.54, 1.807) is 6.92 Å². The second-order valence-electron chi connectivity index (χ2n) is 2.47. The molecule has 0 saturated carbocycles. The van der Waals surface area contributed by atoms with Gasteiger partial charge >= 0.3 is 0 Å². The summed E-state index contributed by atoms with van der Waals surface area (Å²) in [6, 6.07) is 1.20. The van der Waals surface area contributed by atoms with Crippen LogP contribution in [0.4, 0.5) is 0 Å². The quantitative estimate of drug-likeness (QED) is 0.664. The number of aliphatic hydroxyl groups is 1. The summed E-state index contributed by atoms with van der Waals surface area (Å²) in [6.07, 6.45) is 0.156. The lowest BCUT2D eigenvalue weighted by molar-refractivity contribution is 0.278. The maximum atomic E-state index is 10.9. The number of aliphatic hydroxyl groups excluding tert-OH is 1. The third-order valence-corrected chi connectivity index (χ3v) is 1.45. The smallest absolute Gasteiger partial charge is 0.227 e. The lowest BCUT2D eigenvalue weighted by Gasteiger charge is -2.01. The van der Waals surface area contributed by atoms with E-state index in [4.69, 9.17) is 14.6 Å². The first-order valence-corrected chi connectivity index (χ1v) is 3.58. The fraction of sp³-hybridized carbons (Fsp3) is 0.375. The summed E-state index contributed by atoms with van der Waals surface area (Å²) in [7, 11) is 0. The molecule has 0 unspecified atom stereocenters. The van der Waals surface area contributed by atoms with Crippen molar-refractivity contribution >= 4 is 0 Å². The molecule has 0 fully saturated rings. The van der Waals surface area contributed by atoms with Crippen molar-refractivity contribution in [3.05, 3.63) is 27.8 Å². The topological polar surface area (TPSA) is 70.7 Å². The van der Waals surface area contributed by atoms with E-state index >= 15 is 0 Å². The molecular weight excluding hydrogens is 160 g/mol. The molecule has 1 aromatic heterocycles. The Morgan fingerprint density at radius 1 is 1.58 bits per heavy atom. The van der Waals surface area contributed by atoms with Crippen molar-refractivity contribution in [2.45, 2.75) is 13.3 Å². The van der Waals surface area contributed by atoms with Gasteiger partial charge in [0.1, 0.15) is 5.76 Å². The van der Waals surface area contributed by atoms with E-state index in [0.717, 1.165) is 0 Å². The largest absolute Gasteiger partial charge is 0.502 e. The van der Waals surface area contributed by atoms with Crippen LogP contribution in [0.3, 0.4) is 0 Å². The van der Waals surface area contributed by atoms with E-state index < -0.39 is 11.2 Å². The Balaban J connectivity index is 3.18.